The van der Waals surface area contributed by atoms with Crippen LogP contribution in [0.25, 0.3) is 0 Å². The number of piperidine rings is 1. The van der Waals surface area contributed by atoms with Crippen LogP contribution in [-0.4, -0.2) is 23.8 Å². The zero-order valence-corrected chi connectivity index (χ0v) is 10.7. The van der Waals surface area contributed by atoms with Crippen LogP contribution in [-0.2, 0) is 16.1 Å². The predicted molar refractivity (Wildman–Crippen MR) is 66.9 cm³/mol. The summed E-state index contributed by atoms with van der Waals surface area (Å²) in [5.74, 6) is 0.782. The number of nitrogens with zero attached hydrogens (tertiary/aromatic N) is 1. The molecule has 1 heterocycles. The van der Waals surface area contributed by atoms with Crippen LogP contribution < -0.4 is 4.74 Å². The highest BCUT2D eigenvalue weighted by Crippen LogP contribution is 2.21. The van der Waals surface area contributed by atoms with Crippen LogP contribution in [0.5, 0.6) is 5.75 Å². The summed E-state index contributed by atoms with van der Waals surface area (Å²) in [7, 11) is 1.61. The van der Waals surface area contributed by atoms with Crippen LogP contribution in [0, 0.1) is 5.92 Å². The normalized spacial score (nSPS) is 17.1. The first kappa shape index (κ1) is 12.6. The van der Waals surface area contributed by atoms with Crippen molar-refractivity contribution in [3.63, 3.8) is 0 Å². The highest BCUT2D eigenvalue weighted by molar-refractivity contribution is 5.97. The van der Waals surface area contributed by atoms with E-state index in [-0.39, 0.29) is 17.7 Å². The summed E-state index contributed by atoms with van der Waals surface area (Å²) in [5, 5.41) is 0. The highest BCUT2D eigenvalue weighted by atomic mass is 16.5. The van der Waals surface area contributed by atoms with Crippen LogP contribution in [0.3, 0.4) is 0 Å². The molecule has 0 radical (unpaired) electrons. The van der Waals surface area contributed by atoms with Crippen LogP contribution in [0.2, 0.25) is 0 Å². The summed E-state index contributed by atoms with van der Waals surface area (Å²) < 4.78 is 5.07. The Labute approximate surface area is 107 Å². The molecule has 1 aliphatic heterocycles. The molecule has 1 aromatic carbocycles. The van der Waals surface area contributed by atoms with Gasteiger partial charge in [0.1, 0.15) is 5.75 Å². The zero-order valence-electron chi connectivity index (χ0n) is 10.7. The molecule has 1 aliphatic rings. The van der Waals surface area contributed by atoms with E-state index in [1.54, 1.807) is 7.11 Å². The summed E-state index contributed by atoms with van der Waals surface area (Å²) in [6.07, 6.45) is 0.920. The molecule has 4 nitrogen and oxygen atoms in total. The van der Waals surface area contributed by atoms with Crippen molar-refractivity contribution in [3.8, 4) is 5.75 Å². The molecule has 18 heavy (non-hydrogen) atoms. The van der Waals surface area contributed by atoms with E-state index in [4.69, 9.17) is 4.74 Å². The van der Waals surface area contributed by atoms with Gasteiger partial charge in [-0.1, -0.05) is 19.1 Å². The van der Waals surface area contributed by atoms with E-state index in [9.17, 15) is 9.59 Å². The van der Waals surface area contributed by atoms with Crippen molar-refractivity contribution in [2.45, 2.75) is 26.3 Å². The molecule has 2 rings (SSSR count). The Morgan fingerprint density at radius 2 is 1.72 bits per heavy atom. The predicted octanol–water partition coefficient (Wildman–Crippen LogP) is 1.98. The van der Waals surface area contributed by atoms with E-state index in [1.165, 1.54) is 4.90 Å². The number of amides is 2. The minimum Gasteiger partial charge on any atom is -0.497 e. The summed E-state index contributed by atoms with van der Waals surface area (Å²) in [5.41, 5.74) is 0.937. The average Bonchev–Trinajstić information content (AvgIpc) is 2.34. The number of methoxy groups -OCH3 is 1. The van der Waals surface area contributed by atoms with E-state index in [0.717, 1.165) is 11.3 Å². The summed E-state index contributed by atoms with van der Waals surface area (Å²) in [4.78, 5) is 25.0. The monoisotopic (exact) mass is 247 g/mol. The number of ether oxygens (including phenoxy) is 1. The number of carbonyl (C=O) groups is 2. The topological polar surface area (TPSA) is 46.6 Å². The second kappa shape index (κ2) is 5.21. The summed E-state index contributed by atoms with van der Waals surface area (Å²) in [6, 6.07) is 7.41. The lowest BCUT2D eigenvalue weighted by Gasteiger charge is -2.28. The lowest BCUT2D eigenvalue weighted by Crippen LogP contribution is -2.42. The van der Waals surface area contributed by atoms with Gasteiger partial charge in [0.15, 0.2) is 0 Å². The van der Waals surface area contributed by atoms with Gasteiger partial charge in [-0.15, -0.1) is 0 Å². The first-order valence-corrected chi connectivity index (χ1v) is 6.06. The highest BCUT2D eigenvalue weighted by Gasteiger charge is 2.29. The number of rotatable bonds is 3. The Balaban J connectivity index is 2.07. The van der Waals surface area contributed by atoms with Gasteiger partial charge in [0.2, 0.25) is 11.8 Å². The molecule has 96 valence electrons. The van der Waals surface area contributed by atoms with Crippen molar-refractivity contribution >= 4 is 11.8 Å². The van der Waals surface area contributed by atoms with Gasteiger partial charge >= 0.3 is 0 Å². The molecule has 2 amide bonds. The molecule has 0 saturated carbocycles. The van der Waals surface area contributed by atoms with E-state index in [2.05, 4.69) is 0 Å². The Morgan fingerprint density at radius 1 is 1.17 bits per heavy atom. The van der Waals surface area contributed by atoms with E-state index < -0.39 is 0 Å². The van der Waals surface area contributed by atoms with Crippen molar-refractivity contribution in [2.24, 2.45) is 5.92 Å². The van der Waals surface area contributed by atoms with Crippen LogP contribution in [0.15, 0.2) is 24.3 Å². The van der Waals surface area contributed by atoms with Gasteiger partial charge in [-0.2, -0.15) is 0 Å². The third kappa shape index (κ3) is 2.70. The first-order chi connectivity index (χ1) is 8.60. The summed E-state index contributed by atoms with van der Waals surface area (Å²) in [6.45, 7) is 2.29. The number of imide groups is 1. The Morgan fingerprint density at radius 3 is 2.22 bits per heavy atom. The fourth-order valence-corrected chi connectivity index (χ4v) is 2.12. The number of hydrogen-bond donors (Lipinski definition) is 0. The van der Waals surface area contributed by atoms with Crippen LogP contribution >= 0.6 is 0 Å². The molecule has 0 unspecified atom stereocenters. The maximum Gasteiger partial charge on any atom is 0.229 e. The van der Waals surface area contributed by atoms with Gasteiger partial charge in [0.25, 0.3) is 0 Å². The van der Waals surface area contributed by atoms with Gasteiger partial charge in [-0.05, 0) is 23.6 Å². The molecule has 1 fully saturated rings. The largest absolute Gasteiger partial charge is 0.497 e. The third-order valence-electron chi connectivity index (χ3n) is 3.15. The SMILES string of the molecule is COc1ccc(CN2C(=O)CC(C)CC2=O)cc1. The lowest BCUT2D eigenvalue weighted by molar-refractivity contribution is -0.150. The zero-order chi connectivity index (χ0) is 13.1. The maximum absolute atomic E-state index is 11.8. The van der Waals surface area contributed by atoms with Crippen molar-refractivity contribution in [1.82, 2.24) is 4.90 Å². The number of benzene rings is 1. The minimum atomic E-state index is -0.0745. The molecule has 1 aromatic rings. The molecule has 0 aromatic heterocycles. The molecule has 0 atom stereocenters. The first-order valence-electron chi connectivity index (χ1n) is 6.06. The van der Waals surface area contributed by atoms with Gasteiger partial charge in [-0.25, -0.2) is 0 Å². The molecule has 1 saturated heterocycles. The van der Waals surface area contributed by atoms with Crippen LogP contribution in [0.1, 0.15) is 25.3 Å². The average molecular weight is 247 g/mol. The third-order valence-corrected chi connectivity index (χ3v) is 3.15. The Hall–Kier alpha value is -1.84. The molecule has 0 bridgehead atoms. The molecular weight excluding hydrogens is 230 g/mol. The van der Waals surface area contributed by atoms with Crippen molar-refractivity contribution in [1.29, 1.82) is 0 Å². The van der Waals surface area contributed by atoms with E-state index >= 15 is 0 Å². The standard InChI is InChI=1S/C14H17NO3/c1-10-7-13(16)15(14(17)8-10)9-11-3-5-12(18-2)6-4-11/h3-6,10H,7-9H2,1-2H3. The maximum atomic E-state index is 11.8. The second-order valence-corrected chi connectivity index (χ2v) is 4.74. The number of carbonyl (C=O) groups excluding carboxylic acids is 2. The summed E-state index contributed by atoms with van der Waals surface area (Å²) >= 11 is 0. The van der Waals surface area contributed by atoms with Gasteiger partial charge < -0.3 is 4.74 Å². The molecular formula is C14H17NO3. The molecule has 0 N–H and O–H groups in total. The van der Waals surface area contributed by atoms with Crippen molar-refractivity contribution < 1.29 is 14.3 Å². The van der Waals surface area contributed by atoms with Gasteiger partial charge in [-0.3, -0.25) is 14.5 Å². The fourth-order valence-electron chi connectivity index (χ4n) is 2.12. The van der Waals surface area contributed by atoms with E-state index in [0.29, 0.717) is 19.4 Å². The smallest absolute Gasteiger partial charge is 0.229 e. The quantitative estimate of drug-likeness (QED) is 0.767. The molecule has 0 aliphatic carbocycles. The molecule has 0 spiro atoms. The Bertz CT molecular complexity index is 435. The van der Waals surface area contributed by atoms with Gasteiger partial charge in [0, 0.05) is 12.8 Å². The van der Waals surface area contributed by atoms with Gasteiger partial charge in [0.05, 0.1) is 13.7 Å². The Kier molecular flexibility index (Phi) is 3.65. The molecule has 4 heteroatoms. The van der Waals surface area contributed by atoms with Crippen LogP contribution in [0.4, 0.5) is 0 Å². The lowest BCUT2D eigenvalue weighted by atomic mass is 9.97. The number of likely N-dealkylation sites (tertiary alicyclic amines) is 1. The van der Waals surface area contributed by atoms with Crippen molar-refractivity contribution in [3.05, 3.63) is 29.8 Å². The van der Waals surface area contributed by atoms with E-state index in [1.807, 2.05) is 31.2 Å². The minimum absolute atomic E-state index is 0.0745. The second-order valence-electron chi connectivity index (χ2n) is 4.74. The number of hydrogen-bond acceptors (Lipinski definition) is 3. The fraction of sp³-hybridized carbons (Fsp3) is 0.429. The van der Waals surface area contributed by atoms with Crippen molar-refractivity contribution in [2.75, 3.05) is 7.11 Å².